The Morgan fingerprint density at radius 1 is 1.04 bits per heavy atom. The van der Waals surface area contributed by atoms with E-state index in [4.69, 9.17) is 0 Å². The zero-order valence-corrected chi connectivity index (χ0v) is 13.1. The van der Waals surface area contributed by atoms with Gasteiger partial charge in [0.15, 0.2) is 5.78 Å². The molecule has 1 aliphatic rings. The molecule has 1 heterocycles. The van der Waals surface area contributed by atoms with Crippen LogP contribution in [0.4, 0.5) is 18.9 Å². The van der Waals surface area contributed by atoms with Crippen LogP contribution in [0.25, 0.3) is 0 Å². The predicted molar refractivity (Wildman–Crippen MR) is 86.3 cm³/mol. The van der Waals surface area contributed by atoms with Gasteiger partial charge in [0, 0.05) is 5.56 Å². The van der Waals surface area contributed by atoms with E-state index in [-0.39, 0.29) is 5.56 Å². The summed E-state index contributed by atoms with van der Waals surface area (Å²) in [6.45, 7) is 1.55. The molecular formula is C18H13F3N2O2. The lowest BCUT2D eigenvalue weighted by Gasteiger charge is -2.14. The van der Waals surface area contributed by atoms with E-state index in [0.29, 0.717) is 11.4 Å². The van der Waals surface area contributed by atoms with Crippen LogP contribution in [0.2, 0.25) is 0 Å². The number of carbonyl (C=O) groups is 2. The van der Waals surface area contributed by atoms with Gasteiger partial charge in [0.2, 0.25) is 0 Å². The van der Waals surface area contributed by atoms with Crippen molar-refractivity contribution in [2.24, 2.45) is 11.0 Å². The monoisotopic (exact) mass is 346 g/mol. The fourth-order valence-corrected chi connectivity index (χ4v) is 2.61. The van der Waals surface area contributed by atoms with Crippen LogP contribution in [-0.2, 0) is 11.0 Å². The van der Waals surface area contributed by atoms with Gasteiger partial charge in [-0.2, -0.15) is 23.3 Å². The molecule has 128 valence electrons. The number of halogens is 3. The summed E-state index contributed by atoms with van der Waals surface area (Å²) in [7, 11) is 0. The van der Waals surface area contributed by atoms with Crippen LogP contribution in [0.3, 0.4) is 0 Å². The summed E-state index contributed by atoms with van der Waals surface area (Å²) in [5.41, 5.74) is 0.0160. The SMILES string of the molecule is CC1=NN(c2ccccc2)C(=O)[C@@H]1C(=O)c1ccc(C(F)(F)F)cc1. The normalized spacial score (nSPS) is 17.6. The Hall–Kier alpha value is -2.96. The van der Waals surface area contributed by atoms with Crippen LogP contribution in [0.15, 0.2) is 59.7 Å². The van der Waals surface area contributed by atoms with Crippen LogP contribution in [0, 0.1) is 5.92 Å². The van der Waals surface area contributed by atoms with Crippen molar-refractivity contribution in [3.8, 4) is 0 Å². The van der Waals surface area contributed by atoms with Crippen LogP contribution >= 0.6 is 0 Å². The lowest BCUT2D eigenvalue weighted by Crippen LogP contribution is -2.32. The van der Waals surface area contributed by atoms with E-state index in [1.807, 2.05) is 0 Å². The third-order valence-electron chi connectivity index (χ3n) is 3.89. The molecule has 1 aliphatic heterocycles. The van der Waals surface area contributed by atoms with Crippen LogP contribution in [-0.4, -0.2) is 17.4 Å². The number of hydrazone groups is 1. The largest absolute Gasteiger partial charge is 0.416 e. The van der Waals surface area contributed by atoms with Crippen molar-refractivity contribution in [1.82, 2.24) is 0 Å². The van der Waals surface area contributed by atoms with Crippen molar-refractivity contribution in [3.63, 3.8) is 0 Å². The number of amides is 1. The molecule has 0 radical (unpaired) electrons. The van der Waals surface area contributed by atoms with Crippen molar-refractivity contribution in [3.05, 3.63) is 65.7 Å². The summed E-state index contributed by atoms with van der Waals surface area (Å²) >= 11 is 0. The summed E-state index contributed by atoms with van der Waals surface area (Å²) in [4.78, 5) is 25.2. The van der Waals surface area contributed by atoms with Crippen LogP contribution < -0.4 is 5.01 Å². The Bertz CT molecular complexity index is 843. The average Bonchev–Trinajstić information content (AvgIpc) is 2.89. The second-order valence-electron chi connectivity index (χ2n) is 5.60. The first-order valence-electron chi connectivity index (χ1n) is 7.44. The van der Waals surface area contributed by atoms with E-state index in [2.05, 4.69) is 5.10 Å². The minimum atomic E-state index is -4.48. The molecule has 0 aromatic heterocycles. The van der Waals surface area contributed by atoms with Gasteiger partial charge in [0.25, 0.3) is 5.91 Å². The van der Waals surface area contributed by atoms with E-state index in [1.165, 1.54) is 0 Å². The van der Waals surface area contributed by atoms with E-state index >= 15 is 0 Å². The number of hydrogen-bond donors (Lipinski definition) is 0. The number of rotatable bonds is 3. The van der Waals surface area contributed by atoms with Crippen molar-refractivity contribution in [1.29, 1.82) is 0 Å². The number of para-hydroxylation sites is 1. The summed E-state index contributed by atoms with van der Waals surface area (Å²) in [5, 5.41) is 5.27. The Kier molecular flexibility index (Phi) is 4.16. The Morgan fingerprint density at radius 3 is 2.20 bits per heavy atom. The zero-order chi connectivity index (χ0) is 18.2. The molecule has 4 nitrogen and oxygen atoms in total. The third kappa shape index (κ3) is 3.17. The number of benzene rings is 2. The third-order valence-corrected chi connectivity index (χ3v) is 3.89. The molecule has 0 saturated carbocycles. The molecule has 0 spiro atoms. The maximum Gasteiger partial charge on any atom is 0.416 e. The quantitative estimate of drug-likeness (QED) is 0.625. The lowest BCUT2D eigenvalue weighted by atomic mass is 9.93. The summed E-state index contributed by atoms with van der Waals surface area (Å²) in [5.74, 6) is -2.22. The average molecular weight is 346 g/mol. The van der Waals surface area contributed by atoms with Crippen molar-refractivity contribution in [2.45, 2.75) is 13.1 Å². The number of hydrogen-bond acceptors (Lipinski definition) is 3. The first kappa shape index (κ1) is 16.9. The Labute approximate surface area is 141 Å². The number of nitrogens with zero attached hydrogens (tertiary/aromatic N) is 2. The fourth-order valence-electron chi connectivity index (χ4n) is 2.61. The van der Waals surface area contributed by atoms with Crippen LogP contribution in [0.5, 0.6) is 0 Å². The molecular weight excluding hydrogens is 333 g/mol. The highest BCUT2D eigenvalue weighted by atomic mass is 19.4. The number of ketones is 1. The highest BCUT2D eigenvalue weighted by Gasteiger charge is 2.40. The fraction of sp³-hybridized carbons (Fsp3) is 0.167. The first-order valence-corrected chi connectivity index (χ1v) is 7.44. The number of alkyl halides is 3. The molecule has 0 N–H and O–H groups in total. The van der Waals surface area contributed by atoms with E-state index in [1.54, 1.807) is 37.3 Å². The maximum atomic E-state index is 12.6. The highest BCUT2D eigenvalue weighted by Crippen LogP contribution is 2.30. The van der Waals surface area contributed by atoms with E-state index < -0.39 is 29.3 Å². The molecule has 25 heavy (non-hydrogen) atoms. The standard InChI is InChI=1S/C18H13F3N2O2/c1-11-15(17(25)23(22-11)14-5-3-2-4-6-14)16(24)12-7-9-13(10-8-12)18(19,20)21/h2-10,15H,1H3/t15-/m0/s1. The van der Waals surface area contributed by atoms with E-state index in [9.17, 15) is 22.8 Å². The molecule has 2 aromatic carbocycles. The molecule has 0 aliphatic carbocycles. The maximum absolute atomic E-state index is 12.6. The second-order valence-corrected chi connectivity index (χ2v) is 5.60. The number of anilines is 1. The van der Waals surface area contributed by atoms with E-state index in [0.717, 1.165) is 29.3 Å². The van der Waals surface area contributed by atoms with Gasteiger partial charge in [-0.05, 0) is 31.2 Å². The molecule has 7 heteroatoms. The predicted octanol–water partition coefficient (Wildman–Crippen LogP) is 3.93. The molecule has 1 amide bonds. The summed E-state index contributed by atoms with van der Waals surface area (Å²) in [6.07, 6.45) is -4.48. The molecule has 1 atom stereocenters. The topological polar surface area (TPSA) is 49.7 Å². The lowest BCUT2D eigenvalue weighted by molar-refractivity contribution is -0.137. The van der Waals surface area contributed by atoms with Crippen LogP contribution in [0.1, 0.15) is 22.8 Å². The van der Waals surface area contributed by atoms with Gasteiger partial charge in [0.05, 0.1) is 17.0 Å². The van der Waals surface area contributed by atoms with Gasteiger partial charge in [-0.1, -0.05) is 30.3 Å². The zero-order valence-electron chi connectivity index (χ0n) is 13.1. The molecule has 2 aromatic rings. The minimum Gasteiger partial charge on any atom is -0.293 e. The van der Waals surface area contributed by atoms with Gasteiger partial charge >= 0.3 is 6.18 Å². The summed E-state index contributed by atoms with van der Waals surface area (Å²) in [6, 6.07) is 12.4. The minimum absolute atomic E-state index is 0.0378. The second kappa shape index (κ2) is 6.16. The van der Waals surface area contributed by atoms with Gasteiger partial charge in [-0.3, -0.25) is 9.59 Å². The van der Waals surface area contributed by atoms with Gasteiger partial charge < -0.3 is 0 Å². The van der Waals surface area contributed by atoms with Gasteiger partial charge in [-0.15, -0.1) is 0 Å². The molecule has 0 bridgehead atoms. The highest BCUT2D eigenvalue weighted by molar-refractivity contribution is 6.30. The molecule has 0 unspecified atom stereocenters. The molecule has 0 saturated heterocycles. The number of carbonyl (C=O) groups excluding carboxylic acids is 2. The summed E-state index contributed by atoms with van der Waals surface area (Å²) < 4.78 is 37.9. The molecule has 0 fully saturated rings. The smallest absolute Gasteiger partial charge is 0.293 e. The van der Waals surface area contributed by atoms with Crippen molar-refractivity contribution >= 4 is 23.1 Å². The van der Waals surface area contributed by atoms with Crippen molar-refractivity contribution in [2.75, 3.05) is 5.01 Å². The van der Waals surface area contributed by atoms with Gasteiger partial charge in [-0.25, -0.2) is 0 Å². The van der Waals surface area contributed by atoms with Crippen molar-refractivity contribution < 1.29 is 22.8 Å². The molecule has 3 rings (SSSR count). The number of Topliss-reactive ketones (excluding diaryl/α,β-unsaturated/α-hetero) is 1. The Morgan fingerprint density at radius 2 is 1.64 bits per heavy atom. The first-order chi connectivity index (χ1) is 11.8. The van der Waals surface area contributed by atoms with Gasteiger partial charge in [0.1, 0.15) is 5.92 Å². The Balaban J connectivity index is 1.86.